The highest BCUT2D eigenvalue weighted by Gasteiger charge is 2.47. The highest BCUT2D eigenvalue weighted by Crippen LogP contribution is 2.38. The molecule has 2 aliphatic heterocycles. The van der Waals surface area contributed by atoms with Gasteiger partial charge in [0.1, 0.15) is 0 Å². The second kappa shape index (κ2) is 11.1. The third kappa shape index (κ3) is 8.23. The molecule has 132 valence electrons. The Morgan fingerprint density at radius 1 is 0.652 bits per heavy atom. The number of unbranched alkanes of at least 4 members (excludes halogenated alkanes) is 8. The number of rotatable bonds is 13. The minimum Gasteiger partial charge on any atom is -0.369 e. The maximum atomic E-state index is 5.80. The van der Waals surface area contributed by atoms with Crippen molar-refractivity contribution in [2.75, 3.05) is 0 Å². The Hall–Kier alpha value is -0.520. The third-order valence-electron chi connectivity index (χ3n) is 5.04. The van der Waals surface area contributed by atoms with Gasteiger partial charge >= 0.3 is 0 Å². The van der Waals surface area contributed by atoms with Crippen LogP contribution in [0.4, 0.5) is 0 Å². The first kappa shape index (κ1) is 18.8. The number of hydrogen-bond donors (Lipinski definition) is 0. The van der Waals surface area contributed by atoms with E-state index in [1.807, 2.05) is 0 Å². The van der Waals surface area contributed by atoms with E-state index >= 15 is 0 Å². The van der Waals surface area contributed by atoms with Crippen LogP contribution < -0.4 is 0 Å². The molecular weight excluding hydrogens is 284 g/mol. The fraction of sp³-hybridized carbons (Fsp3) is 0.905. The summed E-state index contributed by atoms with van der Waals surface area (Å²) in [5.74, 6) is 6.30. The standard InChI is InChI=1S/C21H36O2/c1-3-5-7-8-9-10-11-12-14-16-19-21(23-19)17-20-18(22-20)15-13-6-4-2/h18-21H,3-5,7-12,14-17H2,1-2H3/t18-,19+,20+,21-/m0/s1. The van der Waals surface area contributed by atoms with Crippen molar-refractivity contribution in [1.82, 2.24) is 0 Å². The summed E-state index contributed by atoms with van der Waals surface area (Å²) in [6, 6.07) is 0. The van der Waals surface area contributed by atoms with E-state index in [1.54, 1.807) is 0 Å². The van der Waals surface area contributed by atoms with E-state index in [4.69, 9.17) is 9.47 Å². The smallest absolute Gasteiger partial charge is 0.0951 e. The zero-order valence-electron chi connectivity index (χ0n) is 15.3. The number of epoxide rings is 2. The summed E-state index contributed by atoms with van der Waals surface area (Å²) in [6.45, 7) is 4.37. The van der Waals surface area contributed by atoms with Gasteiger partial charge in [-0.3, -0.25) is 0 Å². The van der Waals surface area contributed by atoms with Crippen molar-refractivity contribution in [2.45, 2.75) is 122 Å². The Bertz CT molecular complexity index is 368. The molecule has 2 nitrogen and oxygen atoms in total. The molecule has 2 saturated heterocycles. The monoisotopic (exact) mass is 320 g/mol. The lowest BCUT2D eigenvalue weighted by Crippen LogP contribution is -2.01. The number of ether oxygens (including phenoxy) is 2. The van der Waals surface area contributed by atoms with E-state index in [1.165, 1.54) is 64.2 Å². The van der Waals surface area contributed by atoms with Crippen LogP contribution in [0, 0.1) is 11.8 Å². The first-order chi connectivity index (χ1) is 11.3. The number of hydrogen-bond acceptors (Lipinski definition) is 2. The second-order valence-electron chi connectivity index (χ2n) is 7.19. The minimum absolute atomic E-state index is 0.395. The Morgan fingerprint density at radius 3 is 1.96 bits per heavy atom. The Balaban J connectivity index is 1.35. The van der Waals surface area contributed by atoms with Gasteiger partial charge in [0.15, 0.2) is 0 Å². The SMILES string of the molecule is CCC#CC[C@@H]1O[C@@H]1C[C@@H]1O[C@@H]1CCCCCCCCCCC. The van der Waals surface area contributed by atoms with E-state index in [9.17, 15) is 0 Å². The summed E-state index contributed by atoms with van der Waals surface area (Å²) in [4.78, 5) is 0. The van der Waals surface area contributed by atoms with Crippen LogP contribution in [0.15, 0.2) is 0 Å². The van der Waals surface area contributed by atoms with E-state index in [2.05, 4.69) is 25.7 Å². The molecule has 2 heterocycles. The predicted molar refractivity (Wildman–Crippen MR) is 96.5 cm³/mol. The quantitative estimate of drug-likeness (QED) is 0.249. The third-order valence-corrected chi connectivity index (χ3v) is 5.04. The molecular formula is C21H36O2. The average molecular weight is 321 g/mol. The van der Waals surface area contributed by atoms with Gasteiger partial charge < -0.3 is 9.47 Å². The van der Waals surface area contributed by atoms with Crippen LogP contribution in [0.1, 0.15) is 97.3 Å². The molecule has 0 aliphatic carbocycles. The molecule has 0 aromatic rings. The topological polar surface area (TPSA) is 25.1 Å². The lowest BCUT2D eigenvalue weighted by Gasteiger charge is -2.01. The fourth-order valence-electron chi connectivity index (χ4n) is 3.39. The lowest BCUT2D eigenvalue weighted by atomic mass is 10.0. The molecule has 2 rings (SSSR count). The van der Waals surface area contributed by atoms with Crippen LogP contribution in [0.2, 0.25) is 0 Å². The molecule has 23 heavy (non-hydrogen) atoms. The maximum absolute atomic E-state index is 5.80. The summed E-state index contributed by atoms with van der Waals surface area (Å²) in [5.41, 5.74) is 0. The van der Waals surface area contributed by atoms with Gasteiger partial charge in [-0.15, -0.1) is 11.8 Å². The molecule has 0 aromatic carbocycles. The molecule has 0 bridgehead atoms. The highest BCUT2D eigenvalue weighted by atomic mass is 16.6. The second-order valence-corrected chi connectivity index (χ2v) is 7.19. The molecule has 0 radical (unpaired) electrons. The normalized spacial score (nSPS) is 28.3. The van der Waals surface area contributed by atoms with E-state index in [-0.39, 0.29) is 0 Å². The van der Waals surface area contributed by atoms with Crippen LogP contribution in [-0.4, -0.2) is 24.4 Å². The molecule has 4 atom stereocenters. The summed E-state index contributed by atoms with van der Waals surface area (Å²) < 4.78 is 11.5. The summed E-state index contributed by atoms with van der Waals surface area (Å²) in [5, 5.41) is 0. The van der Waals surface area contributed by atoms with Crippen molar-refractivity contribution in [2.24, 2.45) is 0 Å². The van der Waals surface area contributed by atoms with Crippen molar-refractivity contribution in [1.29, 1.82) is 0 Å². The zero-order valence-corrected chi connectivity index (χ0v) is 15.3. The molecule has 0 unspecified atom stereocenters. The maximum Gasteiger partial charge on any atom is 0.0951 e. The molecule has 0 amide bonds. The van der Waals surface area contributed by atoms with Crippen LogP contribution in [0.5, 0.6) is 0 Å². The van der Waals surface area contributed by atoms with Crippen LogP contribution >= 0.6 is 0 Å². The largest absolute Gasteiger partial charge is 0.369 e. The van der Waals surface area contributed by atoms with Gasteiger partial charge in [0.25, 0.3) is 0 Å². The van der Waals surface area contributed by atoms with Gasteiger partial charge in [0.05, 0.1) is 24.4 Å². The van der Waals surface area contributed by atoms with Crippen molar-refractivity contribution in [3.63, 3.8) is 0 Å². The van der Waals surface area contributed by atoms with Crippen LogP contribution in [-0.2, 0) is 9.47 Å². The average Bonchev–Trinajstić information content (AvgIpc) is 3.46. The lowest BCUT2D eigenvalue weighted by molar-refractivity contribution is 0.321. The first-order valence-corrected chi connectivity index (χ1v) is 10.1. The van der Waals surface area contributed by atoms with Gasteiger partial charge in [0, 0.05) is 19.3 Å². The molecule has 2 aliphatic rings. The Labute approximate surface area is 143 Å². The van der Waals surface area contributed by atoms with Crippen molar-refractivity contribution in [3.05, 3.63) is 0 Å². The molecule has 0 saturated carbocycles. The van der Waals surface area contributed by atoms with Gasteiger partial charge in [0.2, 0.25) is 0 Å². The van der Waals surface area contributed by atoms with Crippen LogP contribution in [0.3, 0.4) is 0 Å². The summed E-state index contributed by atoms with van der Waals surface area (Å²) >= 11 is 0. The summed E-state index contributed by atoms with van der Waals surface area (Å²) in [7, 11) is 0. The zero-order chi connectivity index (χ0) is 16.3. The minimum atomic E-state index is 0.395. The van der Waals surface area contributed by atoms with Crippen molar-refractivity contribution >= 4 is 0 Å². The van der Waals surface area contributed by atoms with Gasteiger partial charge in [-0.2, -0.15) is 0 Å². The van der Waals surface area contributed by atoms with E-state index in [0.29, 0.717) is 24.4 Å². The molecule has 0 aromatic heterocycles. The highest BCUT2D eigenvalue weighted by molar-refractivity contribution is 5.05. The van der Waals surface area contributed by atoms with Gasteiger partial charge in [-0.05, 0) is 6.42 Å². The summed E-state index contributed by atoms with van der Waals surface area (Å²) in [6.07, 6.45) is 18.7. The fourth-order valence-corrected chi connectivity index (χ4v) is 3.39. The van der Waals surface area contributed by atoms with E-state index in [0.717, 1.165) is 19.3 Å². The van der Waals surface area contributed by atoms with Crippen molar-refractivity contribution in [3.8, 4) is 11.8 Å². The van der Waals surface area contributed by atoms with Crippen LogP contribution in [0.25, 0.3) is 0 Å². The Kier molecular flexibility index (Phi) is 9.09. The first-order valence-electron chi connectivity index (χ1n) is 10.1. The van der Waals surface area contributed by atoms with Gasteiger partial charge in [-0.25, -0.2) is 0 Å². The van der Waals surface area contributed by atoms with Gasteiger partial charge in [-0.1, -0.05) is 71.6 Å². The molecule has 0 N–H and O–H groups in total. The van der Waals surface area contributed by atoms with Crippen molar-refractivity contribution < 1.29 is 9.47 Å². The molecule has 2 fully saturated rings. The molecule has 0 spiro atoms. The molecule has 2 heteroatoms. The predicted octanol–water partition coefficient (Wildman–Crippen LogP) is 5.64. The van der Waals surface area contributed by atoms with E-state index < -0.39 is 0 Å². The Morgan fingerprint density at radius 2 is 1.26 bits per heavy atom.